The number of carbonyl (C=O) groups is 2. The Morgan fingerprint density at radius 1 is 1.12 bits per heavy atom. The Balaban J connectivity index is 1.66. The van der Waals surface area contributed by atoms with Crippen molar-refractivity contribution in [2.24, 2.45) is 5.10 Å². The zero-order chi connectivity index (χ0) is 16.9. The number of aromatic carboxylic acids is 1. The van der Waals surface area contributed by atoms with E-state index in [9.17, 15) is 9.59 Å². The molecule has 3 rings (SSSR count). The van der Waals surface area contributed by atoms with Crippen molar-refractivity contribution in [2.45, 2.75) is 0 Å². The first-order valence-electron chi connectivity index (χ1n) is 6.94. The summed E-state index contributed by atoms with van der Waals surface area (Å²) in [5, 5.41) is 14.6. The minimum atomic E-state index is -0.977. The maximum absolute atomic E-state index is 11.7. The molecule has 0 saturated carbocycles. The first kappa shape index (κ1) is 15.7. The van der Waals surface area contributed by atoms with E-state index in [4.69, 9.17) is 9.52 Å². The summed E-state index contributed by atoms with van der Waals surface area (Å²) in [6.07, 6.45) is 1.40. The molecule has 0 fully saturated rings. The fourth-order valence-electron chi connectivity index (χ4n) is 1.97. The summed E-state index contributed by atoms with van der Waals surface area (Å²) in [5.41, 5.74) is 3.38. The van der Waals surface area contributed by atoms with Gasteiger partial charge in [-0.3, -0.25) is 4.79 Å². The molecule has 0 aliphatic carbocycles. The van der Waals surface area contributed by atoms with Crippen LogP contribution in [0.25, 0.3) is 11.3 Å². The van der Waals surface area contributed by atoms with Gasteiger partial charge in [0, 0.05) is 5.56 Å². The lowest BCUT2D eigenvalue weighted by atomic mass is 10.1. The lowest BCUT2D eigenvalue weighted by Gasteiger charge is -1.98. The Bertz CT molecular complexity index is 880. The number of rotatable bonds is 5. The van der Waals surface area contributed by atoms with Crippen LogP contribution in [0.4, 0.5) is 0 Å². The Hall–Kier alpha value is -3.19. The van der Waals surface area contributed by atoms with Gasteiger partial charge in [0.1, 0.15) is 11.5 Å². The zero-order valence-electron chi connectivity index (χ0n) is 12.3. The SMILES string of the molecule is O=C(O)c1ccc(-c2ccc(C=NNC(=O)c3cccs3)o2)cc1. The number of amides is 1. The van der Waals surface area contributed by atoms with E-state index < -0.39 is 5.97 Å². The summed E-state index contributed by atoms with van der Waals surface area (Å²) in [7, 11) is 0. The Morgan fingerprint density at radius 3 is 2.58 bits per heavy atom. The molecular formula is C17H12N2O4S. The molecule has 24 heavy (non-hydrogen) atoms. The molecule has 0 aliphatic heterocycles. The normalized spacial score (nSPS) is 10.8. The van der Waals surface area contributed by atoms with E-state index in [1.54, 1.807) is 36.4 Å². The van der Waals surface area contributed by atoms with Crippen LogP contribution in [0, 0.1) is 0 Å². The van der Waals surface area contributed by atoms with Crippen molar-refractivity contribution in [2.75, 3.05) is 0 Å². The minimum absolute atomic E-state index is 0.211. The average Bonchev–Trinajstić information content (AvgIpc) is 3.27. The maximum Gasteiger partial charge on any atom is 0.335 e. The van der Waals surface area contributed by atoms with Crippen molar-refractivity contribution in [3.8, 4) is 11.3 Å². The highest BCUT2D eigenvalue weighted by molar-refractivity contribution is 7.12. The Kier molecular flexibility index (Phi) is 4.53. The molecule has 3 aromatic rings. The highest BCUT2D eigenvalue weighted by Crippen LogP contribution is 2.22. The molecule has 0 saturated heterocycles. The van der Waals surface area contributed by atoms with Crippen LogP contribution in [0.5, 0.6) is 0 Å². The molecule has 6 nitrogen and oxygen atoms in total. The molecule has 120 valence electrons. The van der Waals surface area contributed by atoms with Crippen LogP contribution < -0.4 is 5.43 Å². The summed E-state index contributed by atoms with van der Waals surface area (Å²) in [6, 6.07) is 13.3. The second-order valence-electron chi connectivity index (χ2n) is 4.76. The molecule has 1 aromatic carbocycles. The van der Waals surface area contributed by atoms with Gasteiger partial charge in [0.25, 0.3) is 5.91 Å². The number of nitrogens with one attached hydrogen (secondary N) is 1. The fraction of sp³-hybridized carbons (Fsp3) is 0. The van der Waals surface area contributed by atoms with Crippen molar-refractivity contribution in [1.82, 2.24) is 5.43 Å². The Labute approximate surface area is 141 Å². The van der Waals surface area contributed by atoms with Crippen molar-refractivity contribution >= 4 is 29.4 Å². The second-order valence-corrected chi connectivity index (χ2v) is 5.71. The first-order valence-corrected chi connectivity index (χ1v) is 7.82. The van der Waals surface area contributed by atoms with E-state index >= 15 is 0 Å². The highest BCUT2D eigenvalue weighted by Gasteiger charge is 2.07. The van der Waals surface area contributed by atoms with Crippen LogP contribution in [0.2, 0.25) is 0 Å². The van der Waals surface area contributed by atoms with Gasteiger partial charge in [-0.2, -0.15) is 5.10 Å². The lowest BCUT2D eigenvalue weighted by Crippen LogP contribution is -2.15. The van der Waals surface area contributed by atoms with Crippen molar-refractivity contribution in [3.63, 3.8) is 0 Å². The second kappa shape index (κ2) is 6.93. The smallest absolute Gasteiger partial charge is 0.335 e. The minimum Gasteiger partial charge on any atom is -0.478 e. The number of hydrazone groups is 1. The van der Waals surface area contributed by atoms with Gasteiger partial charge in [-0.05, 0) is 35.7 Å². The number of benzene rings is 1. The van der Waals surface area contributed by atoms with Gasteiger partial charge >= 0.3 is 5.97 Å². The van der Waals surface area contributed by atoms with Gasteiger partial charge in [0.15, 0.2) is 0 Å². The van der Waals surface area contributed by atoms with E-state index in [2.05, 4.69) is 10.5 Å². The average molecular weight is 340 g/mol. The monoisotopic (exact) mass is 340 g/mol. The molecular weight excluding hydrogens is 328 g/mol. The van der Waals surface area contributed by atoms with Crippen molar-refractivity contribution < 1.29 is 19.1 Å². The van der Waals surface area contributed by atoms with Crippen LogP contribution in [-0.4, -0.2) is 23.2 Å². The molecule has 2 heterocycles. The summed E-state index contributed by atoms with van der Waals surface area (Å²) in [5.74, 6) is -0.204. The quantitative estimate of drug-likeness (QED) is 0.549. The Morgan fingerprint density at radius 2 is 1.92 bits per heavy atom. The molecule has 0 atom stereocenters. The third kappa shape index (κ3) is 3.58. The predicted octanol–water partition coefficient (Wildman–Crippen LogP) is 3.47. The number of carboxylic acids is 1. The molecule has 7 heteroatoms. The van der Waals surface area contributed by atoms with Crippen LogP contribution in [0.3, 0.4) is 0 Å². The fourth-order valence-corrected chi connectivity index (χ4v) is 2.59. The summed E-state index contributed by atoms with van der Waals surface area (Å²) in [6.45, 7) is 0. The maximum atomic E-state index is 11.7. The topological polar surface area (TPSA) is 91.9 Å². The molecule has 0 aliphatic rings. The largest absolute Gasteiger partial charge is 0.478 e. The summed E-state index contributed by atoms with van der Waals surface area (Å²) in [4.78, 5) is 23.1. The van der Waals surface area contributed by atoms with E-state index in [1.165, 1.54) is 29.7 Å². The highest BCUT2D eigenvalue weighted by atomic mass is 32.1. The first-order chi connectivity index (χ1) is 11.6. The van der Waals surface area contributed by atoms with E-state index in [1.807, 2.05) is 5.38 Å². The third-order valence-corrected chi connectivity index (χ3v) is 4.01. The van der Waals surface area contributed by atoms with Gasteiger partial charge in [0.05, 0.1) is 16.7 Å². The van der Waals surface area contributed by atoms with Gasteiger partial charge in [-0.15, -0.1) is 11.3 Å². The van der Waals surface area contributed by atoms with Crippen LogP contribution in [-0.2, 0) is 0 Å². The van der Waals surface area contributed by atoms with Gasteiger partial charge in [-0.25, -0.2) is 10.2 Å². The number of thiophene rings is 1. The standard InChI is InChI=1S/C17H12N2O4S/c20-16(15-2-1-9-24-15)19-18-10-13-7-8-14(23-13)11-3-5-12(6-4-11)17(21)22/h1-10H,(H,19,20)(H,21,22). The third-order valence-electron chi connectivity index (χ3n) is 3.15. The molecule has 0 spiro atoms. The number of carbonyl (C=O) groups excluding carboxylic acids is 1. The molecule has 0 unspecified atom stereocenters. The molecule has 2 N–H and O–H groups in total. The van der Waals surface area contributed by atoms with Gasteiger partial charge in [-0.1, -0.05) is 18.2 Å². The van der Waals surface area contributed by atoms with Gasteiger partial charge < -0.3 is 9.52 Å². The van der Waals surface area contributed by atoms with Crippen molar-refractivity contribution in [3.05, 3.63) is 70.1 Å². The van der Waals surface area contributed by atoms with E-state index in [0.717, 1.165) is 5.56 Å². The molecule has 0 radical (unpaired) electrons. The zero-order valence-corrected chi connectivity index (χ0v) is 13.1. The summed E-state index contributed by atoms with van der Waals surface area (Å²) < 4.78 is 5.60. The summed E-state index contributed by atoms with van der Waals surface area (Å²) >= 11 is 1.33. The predicted molar refractivity (Wildman–Crippen MR) is 90.5 cm³/mol. The number of carboxylic acid groups (broad SMARTS) is 1. The van der Waals surface area contributed by atoms with Crippen molar-refractivity contribution in [1.29, 1.82) is 0 Å². The molecule has 1 amide bonds. The number of hydrogen-bond acceptors (Lipinski definition) is 5. The van der Waals surface area contributed by atoms with Crippen LogP contribution in [0.1, 0.15) is 25.8 Å². The van der Waals surface area contributed by atoms with Crippen LogP contribution in [0.15, 0.2) is 63.4 Å². The number of nitrogens with zero attached hydrogens (tertiary/aromatic N) is 1. The molecule has 2 aromatic heterocycles. The van der Waals surface area contributed by atoms with Gasteiger partial charge in [0.2, 0.25) is 0 Å². The molecule has 0 bridgehead atoms. The lowest BCUT2D eigenvalue weighted by molar-refractivity contribution is 0.0696. The van der Waals surface area contributed by atoms with E-state index in [-0.39, 0.29) is 11.5 Å². The number of furan rings is 1. The van der Waals surface area contributed by atoms with E-state index in [0.29, 0.717) is 16.4 Å². The number of hydrogen-bond donors (Lipinski definition) is 2. The van der Waals surface area contributed by atoms with Crippen LogP contribution >= 0.6 is 11.3 Å².